The van der Waals surface area contributed by atoms with E-state index in [1.54, 1.807) is 7.11 Å². The Bertz CT molecular complexity index is 1260. The maximum absolute atomic E-state index is 6.96. The Kier molecular flexibility index (Phi) is 5.83. The molecule has 1 spiro atoms. The van der Waals surface area contributed by atoms with Crippen molar-refractivity contribution in [3.05, 3.63) is 58.6 Å². The van der Waals surface area contributed by atoms with Crippen LogP contribution in [0.5, 0.6) is 17.4 Å². The third kappa shape index (κ3) is 4.14. The number of nitrogens with zero attached hydrogens (tertiary/aromatic N) is 2. The summed E-state index contributed by atoms with van der Waals surface area (Å²) in [5, 5.41) is 0.650. The number of pyridine rings is 1. The van der Waals surface area contributed by atoms with Gasteiger partial charge in [-0.2, -0.15) is 0 Å². The van der Waals surface area contributed by atoms with Crippen LogP contribution in [0.4, 0.5) is 0 Å². The summed E-state index contributed by atoms with van der Waals surface area (Å²) in [5.74, 6) is 2.16. The molecule has 0 radical (unpaired) electrons. The van der Waals surface area contributed by atoms with Gasteiger partial charge in [0.1, 0.15) is 13.2 Å². The second-order valence-corrected chi connectivity index (χ2v) is 10.2. The molecule has 0 aliphatic carbocycles. The van der Waals surface area contributed by atoms with Crippen LogP contribution in [-0.4, -0.2) is 56.5 Å². The first-order valence-corrected chi connectivity index (χ1v) is 12.5. The minimum atomic E-state index is 0.357. The van der Waals surface area contributed by atoms with Crippen molar-refractivity contribution >= 4 is 11.6 Å². The van der Waals surface area contributed by atoms with Crippen LogP contribution in [0.3, 0.4) is 0 Å². The van der Waals surface area contributed by atoms with Gasteiger partial charge in [-0.25, -0.2) is 4.98 Å². The number of aryl methyl sites for hydroxylation is 1. The molecule has 2 aromatic carbocycles. The molecule has 2 saturated heterocycles. The summed E-state index contributed by atoms with van der Waals surface area (Å²) in [7, 11) is 1.69. The van der Waals surface area contributed by atoms with E-state index in [-0.39, 0.29) is 0 Å². The number of methoxy groups -OCH3 is 1. The van der Waals surface area contributed by atoms with Crippen LogP contribution in [-0.2, 0) is 11.3 Å². The van der Waals surface area contributed by atoms with E-state index in [1.165, 1.54) is 0 Å². The van der Waals surface area contributed by atoms with Gasteiger partial charge in [0, 0.05) is 48.3 Å². The summed E-state index contributed by atoms with van der Waals surface area (Å²) in [4.78, 5) is 7.34. The summed E-state index contributed by atoms with van der Waals surface area (Å²) in [6.07, 6.45) is 1.16. The zero-order chi connectivity index (χ0) is 24.0. The van der Waals surface area contributed by atoms with Gasteiger partial charge in [-0.15, -0.1) is 0 Å². The smallest absolute Gasteiger partial charge is 0.218 e. The van der Waals surface area contributed by atoms with Crippen LogP contribution in [0.1, 0.15) is 17.5 Å². The van der Waals surface area contributed by atoms with E-state index >= 15 is 0 Å². The minimum Gasteiger partial charge on any atom is -0.486 e. The van der Waals surface area contributed by atoms with Crippen LogP contribution in [0, 0.1) is 12.3 Å². The molecular formula is C28H29ClN2O4. The normalized spacial score (nSPS) is 18.5. The van der Waals surface area contributed by atoms with Crippen molar-refractivity contribution in [2.45, 2.75) is 19.9 Å². The zero-order valence-corrected chi connectivity index (χ0v) is 20.9. The molecule has 0 unspecified atom stereocenters. The summed E-state index contributed by atoms with van der Waals surface area (Å²) >= 11 is 6.96. The summed E-state index contributed by atoms with van der Waals surface area (Å²) in [6, 6.07) is 14.1. The number of halogens is 1. The molecule has 2 fully saturated rings. The first-order chi connectivity index (χ1) is 17.0. The van der Waals surface area contributed by atoms with Gasteiger partial charge in [0.05, 0.1) is 24.4 Å². The number of ether oxygens (including phenoxy) is 4. The van der Waals surface area contributed by atoms with Crippen molar-refractivity contribution in [2.75, 3.05) is 46.6 Å². The van der Waals surface area contributed by atoms with E-state index in [0.717, 1.165) is 84.3 Å². The maximum Gasteiger partial charge on any atom is 0.218 e. The quantitative estimate of drug-likeness (QED) is 0.476. The lowest BCUT2D eigenvalue weighted by molar-refractivity contribution is -0.0129. The molecule has 0 N–H and O–H groups in total. The third-order valence-corrected chi connectivity index (χ3v) is 7.72. The molecular weight excluding hydrogens is 464 g/mol. The van der Waals surface area contributed by atoms with E-state index in [1.807, 2.05) is 36.4 Å². The number of likely N-dealkylation sites (tertiary alicyclic amines) is 1. The van der Waals surface area contributed by atoms with Crippen molar-refractivity contribution in [1.82, 2.24) is 9.88 Å². The Morgan fingerprint density at radius 1 is 1.03 bits per heavy atom. The highest BCUT2D eigenvalue weighted by Crippen LogP contribution is 2.42. The summed E-state index contributed by atoms with van der Waals surface area (Å²) < 4.78 is 22.8. The number of benzene rings is 2. The molecule has 0 saturated carbocycles. The fraction of sp³-hybridized carbons (Fsp3) is 0.393. The first kappa shape index (κ1) is 22.7. The van der Waals surface area contributed by atoms with E-state index in [9.17, 15) is 0 Å². The number of fused-ring (bicyclic) bond motifs is 1. The van der Waals surface area contributed by atoms with Crippen molar-refractivity contribution in [2.24, 2.45) is 5.41 Å². The van der Waals surface area contributed by atoms with E-state index in [2.05, 4.69) is 17.9 Å². The van der Waals surface area contributed by atoms with Crippen molar-refractivity contribution in [1.29, 1.82) is 0 Å². The molecule has 6 rings (SSSR count). The van der Waals surface area contributed by atoms with Crippen molar-refractivity contribution in [3.8, 4) is 39.8 Å². The minimum absolute atomic E-state index is 0.357. The average Bonchev–Trinajstić information content (AvgIpc) is 3.35. The Labute approximate surface area is 210 Å². The Morgan fingerprint density at radius 3 is 2.60 bits per heavy atom. The van der Waals surface area contributed by atoms with Crippen LogP contribution >= 0.6 is 11.6 Å². The lowest BCUT2D eigenvalue weighted by Crippen LogP contribution is -2.56. The van der Waals surface area contributed by atoms with Gasteiger partial charge in [0.2, 0.25) is 5.88 Å². The number of aromatic nitrogens is 1. The number of rotatable bonds is 5. The molecule has 0 bridgehead atoms. The Hall–Kier alpha value is -2.80. The fourth-order valence-electron chi connectivity index (χ4n) is 5.47. The topological polar surface area (TPSA) is 53.0 Å². The Balaban J connectivity index is 1.30. The van der Waals surface area contributed by atoms with Crippen LogP contribution < -0.4 is 14.2 Å². The van der Waals surface area contributed by atoms with E-state index in [0.29, 0.717) is 29.5 Å². The van der Waals surface area contributed by atoms with Crippen molar-refractivity contribution < 1.29 is 18.9 Å². The lowest BCUT2D eigenvalue weighted by atomic mass is 9.79. The van der Waals surface area contributed by atoms with Gasteiger partial charge in [-0.1, -0.05) is 35.9 Å². The standard InChI is InChI=1S/C28H29ClN2O4/c1-18-12-23(30-27(32-2)22(18)14-31-15-28(16-31)8-9-33-17-28)21-5-3-4-20(26(21)29)19-6-7-24-25(13-19)35-11-10-34-24/h3-7,12-13H,8-11,14-17H2,1-2H3. The maximum atomic E-state index is 6.96. The predicted octanol–water partition coefficient (Wildman–Crippen LogP) is 5.38. The molecule has 6 nitrogen and oxygen atoms in total. The zero-order valence-electron chi connectivity index (χ0n) is 20.1. The predicted molar refractivity (Wildman–Crippen MR) is 136 cm³/mol. The average molecular weight is 493 g/mol. The van der Waals surface area contributed by atoms with Gasteiger partial charge in [0.25, 0.3) is 0 Å². The van der Waals surface area contributed by atoms with Gasteiger partial charge in [0.15, 0.2) is 11.5 Å². The number of hydrogen-bond acceptors (Lipinski definition) is 6. The Morgan fingerprint density at radius 2 is 1.83 bits per heavy atom. The molecule has 0 atom stereocenters. The molecule has 35 heavy (non-hydrogen) atoms. The van der Waals surface area contributed by atoms with Crippen LogP contribution in [0.25, 0.3) is 22.4 Å². The fourth-order valence-corrected chi connectivity index (χ4v) is 5.80. The second-order valence-electron chi connectivity index (χ2n) is 9.79. The molecule has 3 aliphatic rings. The molecule has 3 aromatic rings. The van der Waals surface area contributed by atoms with Gasteiger partial charge in [-0.3, -0.25) is 4.90 Å². The highest BCUT2D eigenvalue weighted by molar-refractivity contribution is 6.36. The molecule has 182 valence electrons. The summed E-state index contributed by atoms with van der Waals surface area (Å²) in [5.41, 5.74) is 6.21. The largest absolute Gasteiger partial charge is 0.486 e. The highest BCUT2D eigenvalue weighted by atomic mass is 35.5. The summed E-state index contributed by atoms with van der Waals surface area (Å²) in [6.45, 7) is 7.98. The third-order valence-electron chi connectivity index (χ3n) is 7.32. The lowest BCUT2D eigenvalue weighted by Gasteiger charge is -2.47. The monoisotopic (exact) mass is 492 g/mol. The SMILES string of the molecule is COc1nc(-c2cccc(-c3ccc4c(c3)OCCO4)c2Cl)cc(C)c1CN1CC2(CCOC2)C1. The van der Waals surface area contributed by atoms with Gasteiger partial charge >= 0.3 is 0 Å². The van der Waals surface area contributed by atoms with Crippen LogP contribution in [0.2, 0.25) is 5.02 Å². The van der Waals surface area contributed by atoms with E-state index < -0.39 is 0 Å². The van der Waals surface area contributed by atoms with Gasteiger partial charge in [-0.05, 0) is 42.7 Å². The number of hydrogen-bond donors (Lipinski definition) is 0. The van der Waals surface area contributed by atoms with E-state index in [4.69, 9.17) is 35.5 Å². The van der Waals surface area contributed by atoms with Gasteiger partial charge < -0.3 is 18.9 Å². The molecule has 7 heteroatoms. The highest BCUT2D eigenvalue weighted by Gasteiger charge is 2.45. The molecule has 3 aliphatic heterocycles. The first-order valence-electron chi connectivity index (χ1n) is 12.1. The molecule has 1 aromatic heterocycles. The second kappa shape index (κ2) is 9.01. The molecule has 0 amide bonds. The van der Waals surface area contributed by atoms with Crippen LogP contribution in [0.15, 0.2) is 42.5 Å². The molecule has 4 heterocycles. The van der Waals surface area contributed by atoms with Crippen molar-refractivity contribution in [3.63, 3.8) is 0 Å².